The van der Waals surface area contributed by atoms with Crippen LogP contribution in [0, 0.1) is 0 Å². The smallest absolute Gasteiger partial charge is 0.206 e. The lowest BCUT2D eigenvalue weighted by molar-refractivity contribution is 0.00862. The molecule has 6 nitrogen and oxygen atoms in total. The van der Waals surface area contributed by atoms with E-state index in [2.05, 4.69) is 0 Å². The molecule has 2 aromatic carbocycles. The van der Waals surface area contributed by atoms with E-state index >= 15 is 0 Å². The summed E-state index contributed by atoms with van der Waals surface area (Å²) in [5, 5.41) is 10.2. The Bertz CT molecular complexity index is 881. The number of hydrogen-bond acceptors (Lipinski definition) is 6. The lowest BCUT2D eigenvalue weighted by Crippen LogP contribution is -2.34. The highest BCUT2D eigenvalue weighted by molar-refractivity contribution is 7.91. The van der Waals surface area contributed by atoms with Gasteiger partial charge in [0.1, 0.15) is 24.1 Å². The van der Waals surface area contributed by atoms with Gasteiger partial charge in [-0.05, 0) is 48.5 Å². The maximum Gasteiger partial charge on any atom is 0.206 e. The summed E-state index contributed by atoms with van der Waals surface area (Å²) in [6.45, 7) is 0.546. The van der Waals surface area contributed by atoms with Gasteiger partial charge in [0.05, 0.1) is 23.0 Å². The zero-order chi connectivity index (χ0) is 18.3. The summed E-state index contributed by atoms with van der Waals surface area (Å²) in [6, 6.07) is 12.2. The molecule has 8 heteroatoms. The van der Waals surface area contributed by atoms with Gasteiger partial charge in [0.25, 0.3) is 0 Å². The highest BCUT2D eigenvalue weighted by Crippen LogP contribution is 2.31. The first kappa shape index (κ1) is 17.8. The predicted molar refractivity (Wildman–Crippen MR) is 93.2 cm³/mol. The van der Waals surface area contributed by atoms with Crippen molar-refractivity contribution in [2.45, 2.75) is 34.2 Å². The second kappa shape index (κ2) is 6.83. The summed E-state index contributed by atoms with van der Waals surface area (Å²) in [5.74, 6) is 0.513. The van der Waals surface area contributed by atoms with E-state index in [0.717, 1.165) is 0 Å². The largest absolute Gasteiger partial charge is 0.485 e. The van der Waals surface area contributed by atoms with Crippen LogP contribution in [0.5, 0.6) is 5.75 Å². The molecule has 138 valence electrons. The summed E-state index contributed by atoms with van der Waals surface area (Å²) in [5.41, 5.74) is 0. The van der Waals surface area contributed by atoms with Gasteiger partial charge in [-0.15, -0.1) is 0 Å². The molecule has 2 heterocycles. The van der Waals surface area contributed by atoms with Crippen molar-refractivity contribution in [3.05, 3.63) is 53.6 Å². The zero-order valence-corrected chi connectivity index (χ0v) is 15.2. The molecule has 0 saturated carbocycles. The predicted octanol–water partition coefficient (Wildman–Crippen LogP) is 2.08. The van der Waals surface area contributed by atoms with Crippen LogP contribution >= 0.6 is 11.6 Å². The molecule has 1 N–H and O–H groups in total. The van der Waals surface area contributed by atoms with Crippen LogP contribution in [0.1, 0.15) is 0 Å². The molecule has 0 amide bonds. The average molecular weight is 397 g/mol. The summed E-state index contributed by atoms with van der Waals surface area (Å²) in [7, 11) is -3.62. The number of ether oxygens (including phenoxy) is 3. The van der Waals surface area contributed by atoms with Gasteiger partial charge in [-0.25, -0.2) is 8.42 Å². The van der Waals surface area contributed by atoms with Gasteiger partial charge in [0.2, 0.25) is 9.84 Å². The van der Waals surface area contributed by atoms with Crippen LogP contribution in [0.25, 0.3) is 0 Å². The zero-order valence-electron chi connectivity index (χ0n) is 13.6. The molecular weight excluding hydrogens is 380 g/mol. The first-order valence-corrected chi connectivity index (χ1v) is 10.00. The highest BCUT2D eigenvalue weighted by Gasteiger charge is 2.48. The quantitative estimate of drug-likeness (QED) is 0.852. The molecule has 26 heavy (non-hydrogen) atoms. The topological polar surface area (TPSA) is 82.1 Å². The van der Waals surface area contributed by atoms with E-state index in [1.165, 1.54) is 24.3 Å². The number of sulfone groups is 1. The fourth-order valence-electron chi connectivity index (χ4n) is 3.17. The van der Waals surface area contributed by atoms with Gasteiger partial charge in [-0.2, -0.15) is 0 Å². The van der Waals surface area contributed by atoms with E-state index in [1.54, 1.807) is 24.3 Å². The van der Waals surface area contributed by atoms with Crippen molar-refractivity contribution in [2.24, 2.45) is 0 Å². The molecule has 4 unspecified atom stereocenters. The van der Waals surface area contributed by atoms with Gasteiger partial charge in [-0.1, -0.05) is 11.6 Å². The maximum absolute atomic E-state index is 12.6. The van der Waals surface area contributed by atoms with Crippen LogP contribution < -0.4 is 4.74 Å². The Morgan fingerprint density at radius 3 is 2.15 bits per heavy atom. The van der Waals surface area contributed by atoms with E-state index < -0.39 is 15.9 Å². The highest BCUT2D eigenvalue weighted by atomic mass is 35.5. The van der Waals surface area contributed by atoms with Crippen molar-refractivity contribution in [1.82, 2.24) is 0 Å². The lowest BCUT2D eigenvalue weighted by Gasteiger charge is -2.18. The summed E-state index contributed by atoms with van der Waals surface area (Å²) < 4.78 is 42.1. The maximum atomic E-state index is 12.6. The Hall–Kier alpha value is -1.64. The molecule has 0 aliphatic carbocycles. The van der Waals surface area contributed by atoms with Crippen molar-refractivity contribution in [3.8, 4) is 5.75 Å². The van der Waals surface area contributed by atoms with Gasteiger partial charge in [-0.3, -0.25) is 0 Å². The normalized spacial score (nSPS) is 28.1. The Balaban J connectivity index is 1.49. The molecular formula is C18H17ClO6S. The van der Waals surface area contributed by atoms with E-state index in [9.17, 15) is 13.5 Å². The lowest BCUT2D eigenvalue weighted by atomic mass is 10.1. The van der Waals surface area contributed by atoms with Crippen LogP contribution in [-0.4, -0.2) is 51.2 Å². The van der Waals surface area contributed by atoms with Crippen molar-refractivity contribution < 1.29 is 27.7 Å². The van der Waals surface area contributed by atoms with Crippen molar-refractivity contribution in [3.63, 3.8) is 0 Å². The molecule has 4 atom stereocenters. The first-order chi connectivity index (χ1) is 12.4. The van der Waals surface area contributed by atoms with Gasteiger partial charge >= 0.3 is 0 Å². The Kier molecular flexibility index (Phi) is 4.66. The Morgan fingerprint density at radius 2 is 1.50 bits per heavy atom. The van der Waals surface area contributed by atoms with Gasteiger partial charge in [0.15, 0.2) is 6.10 Å². The third-order valence-corrected chi connectivity index (χ3v) is 6.56. The van der Waals surface area contributed by atoms with Crippen LogP contribution in [-0.2, 0) is 19.3 Å². The first-order valence-electron chi connectivity index (χ1n) is 8.14. The number of fused-ring (bicyclic) bond motifs is 1. The monoisotopic (exact) mass is 396 g/mol. The molecule has 0 spiro atoms. The summed E-state index contributed by atoms with van der Waals surface area (Å²) in [6.07, 6.45) is -1.66. The van der Waals surface area contributed by atoms with Crippen molar-refractivity contribution in [2.75, 3.05) is 13.2 Å². The standard InChI is InChI=1S/C18H17ClO6S/c19-11-1-5-13(6-2-11)26(21,22)14-7-3-12(4-8-14)25-16-10-24-17-15(20)9-23-18(16)17/h1-8,15-18,20H,9-10H2. The van der Waals surface area contributed by atoms with Crippen molar-refractivity contribution >= 4 is 21.4 Å². The number of rotatable bonds is 4. The minimum atomic E-state index is -3.62. The minimum Gasteiger partial charge on any atom is -0.485 e. The fourth-order valence-corrected chi connectivity index (χ4v) is 4.55. The molecule has 2 aliphatic rings. The van der Waals surface area contributed by atoms with E-state index in [-0.39, 0.29) is 34.7 Å². The second-order valence-corrected chi connectivity index (χ2v) is 8.63. The third-order valence-electron chi connectivity index (χ3n) is 4.53. The summed E-state index contributed by atoms with van der Waals surface area (Å²) in [4.78, 5) is 0.344. The molecule has 0 radical (unpaired) electrons. The number of halogens is 1. The molecule has 2 aliphatic heterocycles. The Morgan fingerprint density at radius 1 is 0.923 bits per heavy atom. The molecule has 2 aromatic rings. The van der Waals surface area contributed by atoms with Crippen molar-refractivity contribution in [1.29, 1.82) is 0 Å². The van der Waals surface area contributed by atoms with Crippen LogP contribution in [0.15, 0.2) is 58.3 Å². The van der Waals surface area contributed by atoms with Crippen LogP contribution in [0.2, 0.25) is 5.02 Å². The average Bonchev–Trinajstić information content (AvgIpc) is 3.20. The van der Waals surface area contributed by atoms with E-state index in [0.29, 0.717) is 17.4 Å². The number of hydrogen-bond donors (Lipinski definition) is 1. The number of aliphatic hydroxyl groups excluding tert-OH is 1. The summed E-state index contributed by atoms with van der Waals surface area (Å²) >= 11 is 5.81. The molecule has 4 rings (SSSR count). The number of aliphatic hydroxyl groups is 1. The van der Waals surface area contributed by atoms with E-state index in [1.807, 2.05) is 0 Å². The van der Waals surface area contributed by atoms with Crippen LogP contribution in [0.4, 0.5) is 0 Å². The SMILES string of the molecule is O=S(=O)(c1ccc(Cl)cc1)c1ccc(OC2COC3C(O)COC23)cc1. The van der Waals surface area contributed by atoms with Gasteiger partial charge < -0.3 is 19.3 Å². The molecule has 0 bridgehead atoms. The Labute approximate surface area is 156 Å². The van der Waals surface area contributed by atoms with E-state index in [4.69, 9.17) is 25.8 Å². The molecule has 2 saturated heterocycles. The molecule has 2 fully saturated rings. The fraction of sp³-hybridized carbons (Fsp3) is 0.333. The molecule has 0 aromatic heterocycles. The second-order valence-electron chi connectivity index (χ2n) is 6.25. The third kappa shape index (κ3) is 3.21. The number of benzene rings is 2. The minimum absolute atomic E-state index is 0.167. The van der Waals surface area contributed by atoms with Gasteiger partial charge in [0, 0.05) is 5.02 Å². The van der Waals surface area contributed by atoms with Crippen LogP contribution in [0.3, 0.4) is 0 Å².